The standard InChI is InChI=1S/C20H25N3O3S/c1-16(24)21-14-17-8-10-19(11-9-17)27(25,26)23-13-12-22(2)15-20(23)18-6-4-3-5-7-18/h3-11,20H,12-15H2,1-2H3,(H,21,24)/t20-/m0/s1. The largest absolute Gasteiger partial charge is 0.352 e. The number of rotatable bonds is 5. The molecule has 0 aromatic heterocycles. The number of piperazine rings is 1. The third-order valence-electron chi connectivity index (χ3n) is 4.79. The molecule has 0 saturated carbocycles. The molecule has 0 aliphatic carbocycles. The van der Waals surface area contributed by atoms with Crippen LogP contribution in [0.3, 0.4) is 0 Å². The number of sulfonamides is 1. The molecule has 1 heterocycles. The van der Waals surface area contributed by atoms with Crippen molar-refractivity contribution in [3.63, 3.8) is 0 Å². The van der Waals surface area contributed by atoms with E-state index in [0.29, 0.717) is 26.2 Å². The summed E-state index contributed by atoms with van der Waals surface area (Å²) in [5.74, 6) is -0.116. The van der Waals surface area contributed by atoms with Gasteiger partial charge in [0, 0.05) is 33.1 Å². The maximum Gasteiger partial charge on any atom is 0.243 e. The fourth-order valence-electron chi connectivity index (χ4n) is 3.28. The Morgan fingerprint density at radius 1 is 1.07 bits per heavy atom. The summed E-state index contributed by atoms with van der Waals surface area (Å²) in [5, 5.41) is 2.71. The highest BCUT2D eigenvalue weighted by Gasteiger charge is 2.35. The smallest absolute Gasteiger partial charge is 0.243 e. The minimum Gasteiger partial charge on any atom is -0.352 e. The summed E-state index contributed by atoms with van der Waals surface area (Å²) in [6.45, 7) is 3.64. The Kier molecular flexibility index (Phi) is 5.94. The van der Waals surface area contributed by atoms with Crippen molar-refractivity contribution in [2.75, 3.05) is 26.7 Å². The monoisotopic (exact) mass is 387 g/mol. The van der Waals surface area contributed by atoms with E-state index < -0.39 is 10.0 Å². The molecule has 144 valence electrons. The molecule has 27 heavy (non-hydrogen) atoms. The second kappa shape index (κ2) is 8.21. The molecule has 0 radical (unpaired) electrons. The van der Waals surface area contributed by atoms with Gasteiger partial charge in [0.15, 0.2) is 0 Å². The van der Waals surface area contributed by atoms with Crippen molar-refractivity contribution < 1.29 is 13.2 Å². The fourth-order valence-corrected chi connectivity index (χ4v) is 4.87. The van der Waals surface area contributed by atoms with Crippen LogP contribution in [-0.4, -0.2) is 50.2 Å². The molecule has 1 atom stereocenters. The van der Waals surface area contributed by atoms with E-state index in [1.165, 1.54) is 6.92 Å². The van der Waals surface area contributed by atoms with Crippen LogP contribution in [-0.2, 0) is 21.4 Å². The quantitative estimate of drug-likeness (QED) is 0.852. The summed E-state index contributed by atoms with van der Waals surface area (Å²) in [6.07, 6.45) is 0. The van der Waals surface area contributed by atoms with E-state index in [9.17, 15) is 13.2 Å². The Labute approximate surface area is 160 Å². The van der Waals surface area contributed by atoms with Crippen LogP contribution in [0.15, 0.2) is 59.5 Å². The van der Waals surface area contributed by atoms with Crippen molar-refractivity contribution in [1.82, 2.24) is 14.5 Å². The molecule has 2 aromatic rings. The van der Waals surface area contributed by atoms with Crippen LogP contribution in [0.1, 0.15) is 24.1 Å². The van der Waals surface area contributed by atoms with Gasteiger partial charge in [0.05, 0.1) is 10.9 Å². The maximum absolute atomic E-state index is 13.3. The molecule has 6 nitrogen and oxygen atoms in total. The van der Waals surface area contributed by atoms with Gasteiger partial charge >= 0.3 is 0 Å². The molecule has 1 aliphatic rings. The van der Waals surface area contributed by atoms with E-state index in [4.69, 9.17) is 0 Å². The number of nitrogens with zero attached hydrogens (tertiary/aromatic N) is 2. The van der Waals surface area contributed by atoms with Gasteiger partial charge in [-0.25, -0.2) is 8.42 Å². The molecule has 7 heteroatoms. The predicted octanol–water partition coefficient (Wildman–Crippen LogP) is 2.00. The van der Waals surface area contributed by atoms with E-state index in [1.54, 1.807) is 28.6 Å². The molecular formula is C20H25N3O3S. The molecule has 0 unspecified atom stereocenters. The summed E-state index contributed by atoms with van der Waals surface area (Å²) < 4.78 is 28.2. The van der Waals surface area contributed by atoms with Crippen LogP contribution in [0, 0.1) is 0 Å². The predicted molar refractivity (Wildman–Crippen MR) is 105 cm³/mol. The lowest BCUT2D eigenvalue weighted by Crippen LogP contribution is -2.49. The first-order valence-corrected chi connectivity index (χ1v) is 10.4. The van der Waals surface area contributed by atoms with Crippen LogP contribution >= 0.6 is 0 Å². The maximum atomic E-state index is 13.3. The number of nitrogens with one attached hydrogen (secondary N) is 1. The van der Waals surface area contributed by atoms with Crippen molar-refractivity contribution in [3.8, 4) is 0 Å². The van der Waals surface area contributed by atoms with Crippen molar-refractivity contribution in [1.29, 1.82) is 0 Å². The first-order chi connectivity index (χ1) is 12.9. The zero-order valence-corrected chi connectivity index (χ0v) is 16.4. The van der Waals surface area contributed by atoms with Crippen LogP contribution < -0.4 is 5.32 Å². The minimum absolute atomic E-state index is 0.116. The lowest BCUT2D eigenvalue weighted by molar-refractivity contribution is -0.119. The zero-order valence-electron chi connectivity index (χ0n) is 15.6. The number of likely N-dealkylation sites (N-methyl/N-ethyl adjacent to an activating group) is 1. The van der Waals surface area contributed by atoms with E-state index in [-0.39, 0.29) is 16.8 Å². The molecule has 1 amide bonds. The third kappa shape index (κ3) is 4.55. The number of hydrogen-bond acceptors (Lipinski definition) is 4. The number of carbonyl (C=O) groups excluding carboxylic acids is 1. The molecule has 1 saturated heterocycles. The summed E-state index contributed by atoms with van der Waals surface area (Å²) in [6, 6.07) is 16.3. The van der Waals surface area contributed by atoms with Crippen LogP contribution in [0.25, 0.3) is 0 Å². The number of hydrogen-bond donors (Lipinski definition) is 1. The summed E-state index contributed by atoms with van der Waals surface area (Å²) in [5.41, 5.74) is 1.86. The van der Waals surface area contributed by atoms with Gasteiger partial charge in [-0.3, -0.25) is 4.79 Å². The van der Waals surface area contributed by atoms with Crippen molar-refractivity contribution >= 4 is 15.9 Å². The summed E-state index contributed by atoms with van der Waals surface area (Å²) in [7, 11) is -1.60. The Morgan fingerprint density at radius 3 is 2.37 bits per heavy atom. The second-order valence-corrected chi connectivity index (χ2v) is 8.75. The van der Waals surface area contributed by atoms with Crippen molar-refractivity contribution in [2.45, 2.75) is 24.4 Å². The Balaban J connectivity index is 1.86. The number of benzene rings is 2. The highest BCUT2D eigenvalue weighted by molar-refractivity contribution is 7.89. The minimum atomic E-state index is -3.61. The topological polar surface area (TPSA) is 69.7 Å². The normalized spacial score (nSPS) is 19.0. The van der Waals surface area contributed by atoms with Crippen LogP contribution in [0.5, 0.6) is 0 Å². The van der Waals surface area contributed by atoms with E-state index >= 15 is 0 Å². The van der Waals surface area contributed by atoms with E-state index in [0.717, 1.165) is 11.1 Å². The molecule has 1 fully saturated rings. The Bertz CT molecular complexity index is 882. The average molecular weight is 388 g/mol. The van der Waals surface area contributed by atoms with Gasteiger partial charge in [0.1, 0.15) is 0 Å². The zero-order chi connectivity index (χ0) is 19.4. The second-order valence-electron chi connectivity index (χ2n) is 6.86. The van der Waals surface area contributed by atoms with Gasteiger partial charge < -0.3 is 10.2 Å². The number of carbonyl (C=O) groups is 1. The average Bonchev–Trinajstić information content (AvgIpc) is 2.67. The van der Waals surface area contributed by atoms with Gasteiger partial charge in [0.2, 0.25) is 15.9 Å². The first kappa shape index (κ1) is 19.5. The lowest BCUT2D eigenvalue weighted by Gasteiger charge is -2.39. The molecular weight excluding hydrogens is 362 g/mol. The van der Waals surface area contributed by atoms with E-state index in [1.807, 2.05) is 37.4 Å². The Hall–Kier alpha value is -2.22. The molecule has 0 bridgehead atoms. The van der Waals surface area contributed by atoms with Gasteiger partial charge in [-0.1, -0.05) is 42.5 Å². The van der Waals surface area contributed by atoms with Crippen molar-refractivity contribution in [2.24, 2.45) is 0 Å². The van der Waals surface area contributed by atoms with Gasteiger partial charge in [0.25, 0.3) is 0 Å². The number of amides is 1. The van der Waals surface area contributed by atoms with Gasteiger partial charge in [-0.05, 0) is 30.3 Å². The van der Waals surface area contributed by atoms with Crippen LogP contribution in [0.2, 0.25) is 0 Å². The third-order valence-corrected chi connectivity index (χ3v) is 6.71. The molecule has 1 aliphatic heterocycles. The van der Waals surface area contributed by atoms with Crippen molar-refractivity contribution in [3.05, 3.63) is 65.7 Å². The molecule has 1 N–H and O–H groups in total. The highest BCUT2D eigenvalue weighted by atomic mass is 32.2. The summed E-state index contributed by atoms with van der Waals surface area (Å²) >= 11 is 0. The molecule has 2 aromatic carbocycles. The van der Waals surface area contributed by atoms with Gasteiger partial charge in [-0.2, -0.15) is 4.31 Å². The highest BCUT2D eigenvalue weighted by Crippen LogP contribution is 2.30. The fraction of sp³-hybridized carbons (Fsp3) is 0.350. The van der Waals surface area contributed by atoms with Crippen LogP contribution in [0.4, 0.5) is 0 Å². The SMILES string of the molecule is CC(=O)NCc1ccc(S(=O)(=O)N2CCN(C)C[C@H]2c2ccccc2)cc1. The van der Waals surface area contributed by atoms with Gasteiger partial charge in [-0.15, -0.1) is 0 Å². The molecule has 3 rings (SSSR count). The van der Waals surface area contributed by atoms with E-state index in [2.05, 4.69) is 10.2 Å². The Morgan fingerprint density at radius 2 is 1.74 bits per heavy atom. The first-order valence-electron chi connectivity index (χ1n) is 8.96. The lowest BCUT2D eigenvalue weighted by atomic mass is 10.1. The summed E-state index contributed by atoms with van der Waals surface area (Å²) in [4.78, 5) is 13.5. The molecule has 0 spiro atoms.